The molecular formula is C32H39F3N6O5. The first kappa shape index (κ1) is 32.2. The number of rotatable bonds is 8. The largest absolute Gasteiger partial charge is 0.443 e. The van der Waals surface area contributed by atoms with Gasteiger partial charge in [-0.25, -0.2) is 19.3 Å². The molecular weight excluding hydrogens is 605 g/mol. The summed E-state index contributed by atoms with van der Waals surface area (Å²) in [5.74, 6) is 0.263. The number of morpholine rings is 1. The first-order valence-corrected chi connectivity index (χ1v) is 16.0. The summed E-state index contributed by atoms with van der Waals surface area (Å²) >= 11 is 0. The van der Waals surface area contributed by atoms with Gasteiger partial charge in [0.2, 0.25) is 5.91 Å². The lowest BCUT2D eigenvalue weighted by atomic mass is 9.81. The highest BCUT2D eigenvalue weighted by Crippen LogP contribution is 2.38. The minimum Gasteiger partial charge on any atom is -0.443 e. The molecule has 1 aromatic carbocycles. The molecule has 2 saturated heterocycles. The molecule has 2 N–H and O–H groups in total. The Bertz CT molecular complexity index is 1520. The molecule has 3 aromatic rings. The summed E-state index contributed by atoms with van der Waals surface area (Å²) in [6.07, 6.45) is -3.83. The highest BCUT2D eigenvalue weighted by atomic mass is 19.4. The minimum atomic E-state index is -4.62. The Morgan fingerprint density at radius 1 is 1.04 bits per heavy atom. The first-order valence-electron chi connectivity index (χ1n) is 16.0. The van der Waals surface area contributed by atoms with Gasteiger partial charge in [-0.15, -0.1) is 0 Å². The van der Waals surface area contributed by atoms with Crippen LogP contribution in [0.2, 0.25) is 0 Å². The minimum absolute atomic E-state index is 0.0668. The van der Waals surface area contributed by atoms with Gasteiger partial charge >= 0.3 is 12.3 Å². The second kappa shape index (κ2) is 13.9. The number of carbonyl (C=O) groups excluding carboxylic acids is 2. The highest BCUT2D eigenvalue weighted by molar-refractivity contribution is 5.81. The van der Waals surface area contributed by atoms with Gasteiger partial charge in [-0.1, -0.05) is 50.1 Å². The Morgan fingerprint density at radius 3 is 2.50 bits per heavy atom. The van der Waals surface area contributed by atoms with E-state index in [0.29, 0.717) is 61.4 Å². The van der Waals surface area contributed by atoms with Crippen LogP contribution in [0.15, 0.2) is 30.3 Å². The van der Waals surface area contributed by atoms with E-state index in [1.165, 1.54) is 0 Å². The molecule has 2 amide bonds. The van der Waals surface area contributed by atoms with Crippen molar-refractivity contribution in [2.24, 2.45) is 5.92 Å². The van der Waals surface area contributed by atoms with E-state index in [9.17, 15) is 22.8 Å². The number of carbonyl (C=O) groups is 2. The third-order valence-corrected chi connectivity index (χ3v) is 9.14. The van der Waals surface area contributed by atoms with Gasteiger partial charge < -0.3 is 24.8 Å². The number of alkyl halides is 3. The van der Waals surface area contributed by atoms with Crippen LogP contribution in [0.3, 0.4) is 0 Å². The van der Waals surface area contributed by atoms with E-state index in [-0.39, 0.29) is 24.9 Å². The number of nitrogens with zero attached hydrogens (tertiary/aromatic N) is 4. The number of fused-ring (bicyclic) bond motifs is 1. The molecule has 11 nitrogen and oxygen atoms in total. The first-order chi connectivity index (χ1) is 22.2. The predicted octanol–water partition coefficient (Wildman–Crippen LogP) is 4.73. The summed E-state index contributed by atoms with van der Waals surface area (Å²) < 4.78 is 58.7. The number of alkyl carbamates (subject to hydrolysis) is 1. The van der Waals surface area contributed by atoms with Crippen LogP contribution < -0.4 is 10.6 Å². The summed E-state index contributed by atoms with van der Waals surface area (Å²) in [5, 5.41) is 10.0. The van der Waals surface area contributed by atoms with Crippen LogP contribution in [0, 0.1) is 5.92 Å². The van der Waals surface area contributed by atoms with Crippen LogP contribution in [0.25, 0.3) is 5.78 Å². The van der Waals surface area contributed by atoms with E-state index in [1.54, 1.807) is 4.52 Å². The molecule has 6 rings (SSSR count). The van der Waals surface area contributed by atoms with Crippen LogP contribution in [0.4, 0.5) is 18.0 Å². The number of ether oxygens (including phenoxy) is 3. The number of aromatic nitrogens is 4. The number of hydrogen-bond acceptors (Lipinski definition) is 8. The van der Waals surface area contributed by atoms with Gasteiger partial charge in [-0.3, -0.25) is 4.79 Å². The van der Waals surface area contributed by atoms with Crippen LogP contribution in [-0.4, -0.2) is 69.7 Å². The van der Waals surface area contributed by atoms with Gasteiger partial charge in [-0.2, -0.15) is 18.3 Å². The Kier molecular flexibility index (Phi) is 9.73. The quantitative estimate of drug-likeness (QED) is 0.361. The molecule has 2 atom stereocenters. The normalized spacial score (nSPS) is 24.5. The molecule has 3 fully saturated rings. The van der Waals surface area contributed by atoms with Crippen molar-refractivity contribution in [2.75, 3.05) is 19.8 Å². The third kappa shape index (κ3) is 7.43. The van der Waals surface area contributed by atoms with E-state index in [2.05, 4.69) is 17.6 Å². The molecule has 3 aliphatic rings. The lowest BCUT2D eigenvalue weighted by Gasteiger charge is -2.31. The van der Waals surface area contributed by atoms with Crippen molar-refractivity contribution >= 4 is 17.8 Å². The van der Waals surface area contributed by atoms with E-state index < -0.39 is 36.9 Å². The molecule has 0 bridgehead atoms. The Morgan fingerprint density at radius 2 is 1.78 bits per heavy atom. The lowest BCUT2D eigenvalue weighted by molar-refractivity contribution is -0.237. The molecule has 0 unspecified atom stereocenters. The number of hydrogen-bond donors (Lipinski definition) is 2. The molecule has 248 valence electrons. The van der Waals surface area contributed by atoms with Crippen LogP contribution in [0.1, 0.15) is 85.6 Å². The fraction of sp³-hybridized carbons (Fsp3) is 0.594. The average molecular weight is 645 g/mol. The zero-order chi connectivity index (χ0) is 32.3. The van der Waals surface area contributed by atoms with Crippen LogP contribution in [0.5, 0.6) is 0 Å². The summed E-state index contributed by atoms with van der Waals surface area (Å²) in [7, 11) is 0. The van der Waals surface area contributed by atoms with Gasteiger partial charge in [0.25, 0.3) is 5.78 Å². The Hall–Kier alpha value is -3.78. The summed E-state index contributed by atoms with van der Waals surface area (Å²) in [5.41, 5.74) is 3.20. The summed E-state index contributed by atoms with van der Waals surface area (Å²) in [6, 6.07) is 9.48. The Labute approximate surface area is 264 Å². The van der Waals surface area contributed by atoms with Crippen molar-refractivity contribution in [3.8, 4) is 0 Å². The molecule has 1 saturated carbocycles. The molecule has 46 heavy (non-hydrogen) atoms. The zero-order valence-electron chi connectivity index (χ0n) is 25.7. The predicted molar refractivity (Wildman–Crippen MR) is 159 cm³/mol. The fourth-order valence-corrected chi connectivity index (χ4v) is 6.54. The molecule has 4 heterocycles. The van der Waals surface area contributed by atoms with E-state index in [0.717, 1.165) is 36.9 Å². The van der Waals surface area contributed by atoms with Crippen molar-refractivity contribution in [3.63, 3.8) is 0 Å². The van der Waals surface area contributed by atoms with Gasteiger partial charge in [0, 0.05) is 38.0 Å². The second-order valence-electron chi connectivity index (χ2n) is 12.5. The summed E-state index contributed by atoms with van der Waals surface area (Å²) in [6.45, 7) is 2.80. The van der Waals surface area contributed by atoms with E-state index in [1.807, 2.05) is 30.3 Å². The standard InChI is InChI=1S/C32H39F3N6O5/c1-19-7-9-22(10-8-19)28-24(18-45-31(43)37-16-20-5-3-2-4-6-20)38-30-39-27(21-11-13-44-14-12-21)23(40-41(28)30)15-25-29(42)36-17-26(46-25)32(33,34)35/h2-6,19,21-22,25-26H,7-18H2,1H3,(H,36,42)(H,37,43)/t19?,22?,25-,26-/m0/s1. The Balaban J connectivity index is 1.33. The van der Waals surface area contributed by atoms with Crippen molar-refractivity contribution in [3.05, 3.63) is 58.7 Å². The van der Waals surface area contributed by atoms with Gasteiger partial charge in [-0.05, 0) is 37.2 Å². The molecule has 14 heteroatoms. The van der Waals surface area contributed by atoms with Crippen LogP contribution >= 0.6 is 0 Å². The maximum Gasteiger partial charge on any atom is 0.416 e. The van der Waals surface area contributed by atoms with Crippen molar-refractivity contribution in [1.82, 2.24) is 30.2 Å². The maximum absolute atomic E-state index is 13.5. The van der Waals surface area contributed by atoms with E-state index >= 15 is 0 Å². The zero-order valence-corrected chi connectivity index (χ0v) is 25.7. The number of amides is 2. The van der Waals surface area contributed by atoms with Gasteiger partial charge in [0.1, 0.15) is 18.4 Å². The number of nitrogens with one attached hydrogen (secondary N) is 2. The van der Waals surface area contributed by atoms with Crippen molar-refractivity contribution in [2.45, 2.75) is 95.2 Å². The maximum atomic E-state index is 13.5. The summed E-state index contributed by atoms with van der Waals surface area (Å²) in [4.78, 5) is 35.1. The number of halogens is 3. The molecule has 0 radical (unpaired) electrons. The molecule has 2 aromatic heterocycles. The van der Waals surface area contributed by atoms with E-state index in [4.69, 9.17) is 29.3 Å². The number of benzene rings is 1. The molecule has 2 aliphatic heterocycles. The van der Waals surface area contributed by atoms with Crippen LogP contribution in [-0.2, 0) is 38.6 Å². The number of imidazole rings is 1. The SMILES string of the molecule is CC1CCC(c2c(COC(=O)NCc3ccccc3)nc3nc(C4CCOCC4)c(C[C@@H]4O[C@H](C(F)(F)F)CNC4=O)nn23)CC1. The third-order valence-electron chi connectivity index (χ3n) is 9.14. The molecule has 0 spiro atoms. The van der Waals surface area contributed by atoms with Crippen molar-refractivity contribution < 1.29 is 37.0 Å². The average Bonchev–Trinajstić information content (AvgIpc) is 3.41. The smallest absolute Gasteiger partial charge is 0.416 e. The lowest BCUT2D eigenvalue weighted by Crippen LogP contribution is -2.55. The topological polar surface area (TPSA) is 129 Å². The van der Waals surface area contributed by atoms with Gasteiger partial charge in [0.05, 0.1) is 23.6 Å². The van der Waals surface area contributed by atoms with Gasteiger partial charge in [0.15, 0.2) is 6.10 Å². The molecule has 1 aliphatic carbocycles. The highest BCUT2D eigenvalue weighted by Gasteiger charge is 2.46. The van der Waals surface area contributed by atoms with Crippen molar-refractivity contribution in [1.29, 1.82) is 0 Å². The monoisotopic (exact) mass is 644 g/mol. The second-order valence-corrected chi connectivity index (χ2v) is 12.5. The fourth-order valence-electron chi connectivity index (χ4n) is 6.54.